The van der Waals surface area contributed by atoms with Crippen molar-refractivity contribution in [3.63, 3.8) is 0 Å². The summed E-state index contributed by atoms with van der Waals surface area (Å²) >= 11 is 0. The zero-order valence-electron chi connectivity index (χ0n) is 18.1. The van der Waals surface area contributed by atoms with Gasteiger partial charge in [-0.05, 0) is 72.1 Å². The number of nitrogens with zero attached hydrogens (tertiary/aromatic N) is 1. The van der Waals surface area contributed by atoms with E-state index in [0.29, 0.717) is 5.75 Å². The van der Waals surface area contributed by atoms with Gasteiger partial charge in [-0.1, -0.05) is 54.6 Å². The van der Waals surface area contributed by atoms with Gasteiger partial charge in [0.2, 0.25) is 0 Å². The van der Waals surface area contributed by atoms with Crippen LogP contribution in [-0.2, 0) is 0 Å². The summed E-state index contributed by atoms with van der Waals surface area (Å²) in [4.78, 5) is 2.25. The molecule has 0 saturated heterocycles. The summed E-state index contributed by atoms with van der Waals surface area (Å²) in [6.45, 7) is 1.86. The zero-order chi connectivity index (χ0) is 22.3. The van der Waals surface area contributed by atoms with Gasteiger partial charge < -0.3 is 19.8 Å². The Bertz CT molecular complexity index is 1130. The van der Waals surface area contributed by atoms with Crippen molar-refractivity contribution in [1.82, 2.24) is 0 Å². The minimum Gasteiger partial charge on any atom is -0.491 e. The maximum atomic E-state index is 9.42. The van der Waals surface area contributed by atoms with Gasteiger partial charge in [0, 0.05) is 17.1 Å². The SMILES string of the molecule is Cc1cccc(N(c2ccccc2)c2ccc(-c3ccc(OCC(O)CO)cc3)cc2)c1. The van der Waals surface area contributed by atoms with Gasteiger partial charge in [0.15, 0.2) is 0 Å². The first-order valence-corrected chi connectivity index (χ1v) is 10.7. The molecule has 2 N–H and O–H groups in total. The highest BCUT2D eigenvalue weighted by atomic mass is 16.5. The summed E-state index contributed by atoms with van der Waals surface area (Å²) in [7, 11) is 0. The lowest BCUT2D eigenvalue weighted by Gasteiger charge is -2.26. The minimum atomic E-state index is -0.872. The number of para-hydroxylation sites is 1. The largest absolute Gasteiger partial charge is 0.491 e. The number of hydrogen-bond donors (Lipinski definition) is 2. The van der Waals surface area contributed by atoms with Crippen LogP contribution in [0.15, 0.2) is 103 Å². The van der Waals surface area contributed by atoms with E-state index in [2.05, 4.69) is 84.6 Å². The standard InChI is InChI=1S/C28H27NO3/c1-21-6-5-9-26(18-21)29(24-7-3-2-4-8-24)25-14-10-22(11-15-25)23-12-16-28(17-13-23)32-20-27(31)19-30/h2-18,27,30-31H,19-20H2,1H3. The van der Waals surface area contributed by atoms with Gasteiger partial charge >= 0.3 is 0 Å². The zero-order valence-corrected chi connectivity index (χ0v) is 18.1. The number of ether oxygens (including phenoxy) is 1. The average molecular weight is 426 g/mol. The van der Waals surface area contributed by atoms with Crippen molar-refractivity contribution in [2.24, 2.45) is 0 Å². The Labute approximate surface area is 189 Å². The number of anilines is 3. The molecule has 4 rings (SSSR count). The van der Waals surface area contributed by atoms with Gasteiger partial charge in [-0.25, -0.2) is 0 Å². The van der Waals surface area contributed by atoms with E-state index in [1.165, 1.54) is 5.56 Å². The Hall–Kier alpha value is -3.60. The Balaban J connectivity index is 1.58. The molecule has 4 aromatic carbocycles. The molecule has 0 aromatic heterocycles. The predicted molar refractivity (Wildman–Crippen MR) is 130 cm³/mol. The number of rotatable bonds is 8. The van der Waals surface area contributed by atoms with Gasteiger partial charge in [-0.2, -0.15) is 0 Å². The lowest BCUT2D eigenvalue weighted by atomic mass is 10.0. The summed E-state index contributed by atoms with van der Waals surface area (Å²) in [5.74, 6) is 0.660. The number of aryl methyl sites for hydroxylation is 1. The fraction of sp³-hybridized carbons (Fsp3) is 0.143. The highest BCUT2D eigenvalue weighted by Crippen LogP contribution is 2.35. The van der Waals surface area contributed by atoms with Gasteiger partial charge in [0.25, 0.3) is 0 Å². The summed E-state index contributed by atoms with van der Waals surface area (Å²) in [5.41, 5.74) is 6.71. The molecule has 0 saturated carbocycles. The molecule has 0 bridgehead atoms. The molecular weight excluding hydrogens is 398 g/mol. The minimum absolute atomic E-state index is 0.0683. The first-order chi connectivity index (χ1) is 15.6. The van der Waals surface area contributed by atoms with Crippen LogP contribution in [0.1, 0.15) is 5.56 Å². The molecule has 0 aliphatic heterocycles. The molecule has 4 heteroatoms. The third-order valence-corrected chi connectivity index (χ3v) is 5.24. The van der Waals surface area contributed by atoms with Crippen molar-refractivity contribution in [1.29, 1.82) is 0 Å². The monoisotopic (exact) mass is 425 g/mol. The predicted octanol–water partition coefficient (Wildman–Crippen LogP) is 5.86. The van der Waals surface area contributed by atoms with Crippen LogP contribution in [-0.4, -0.2) is 29.5 Å². The van der Waals surface area contributed by atoms with Crippen LogP contribution in [0.4, 0.5) is 17.1 Å². The summed E-state index contributed by atoms with van der Waals surface area (Å²) in [6.07, 6.45) is -0.872. The van der Waals surface area contributed by atoms with Gasteiger partial charge in [0.05, 0.1) is 6.61 Å². The van der Waals surface area contributed by atoms with Crippen molar-refractivity contribution in [2.75, 3.05) is 18.1 Å². The van der Waals surface area contributed by atoms with Gasteiger partial charge in [-0.15, -0.1) is 0 Å². The summed E-state index contributed by atoms with van der Waals surface area (Å²) in [6, 6.07) is 35.1. The Morgan fingerprint density at radius 3 is 1.94 bits per heavy atom. The molecule has 4 nitrogen and oxygen atoms in total. The summed E-state index contributed by atoms with van der Waals surface area (Å²) < 4.78 is 5.49. The van der Waals surface area contributed by atoms with Gasteiger partial charge in [-0.3, -0.25) is 0 Å². The number of aliphatic hydroxyl groups excluding tert-OH is 2. The normalized spacial score (nSPS) is 11.7. The van der Waals surface area contributed by atoms with Crippen LogP contribution in [0.2, 0.25) is 0 Å². The highest BCUT2D eigenvalue weighted by Gasteiger charge is 2.12. The van der Waals surface area contributed by atoms with Crippen molar-refractivity contribution in [3.8, 4) is 16.9 Å². The topological polar surface area (TPSA) is 52.9 Å². The molecular formula is C28H27NO3. The van der Waals surface area contributed by atoms with E-state index >= 15 is 0 Å². The molecule has 32 heavy (non-hydrogen) atoms. The third kappa shape index (κ3) is 5.17. The fourth-order valence-electron chi connectivity index (χ4n) is 3.58. The van der Waals surface area contributed by atoms with E-state index in [4.69, 9.17) is 9.84 Å². The van der Waals surface area contributed by atoms with Crippen LogP contribution >= 0.6 is 0 Å². The highest BCUT2D eigenvalue weighted by molar-refractivity contribution is 5.78. The first-order valence-electron chi connectivity index (χ1n) is 10.7. The Kier molecular flexibility index (Phi) is 6.85. The van der Waals surface area contributed by atoms with E-state index in [0.717, 1.165) is 28.2 Å². The van der Waals surface area contributed by atoms with E-state index in [1.807, 2.05) is 30.3 Å². The second kappa shape index (κ2) is 10.1. The molecule has 0 radical (unpaired) electrons. The van der Waals surface area contributed by atoms with E-state index < -0.39 is 6.10 Å². The van der Waals surface area contributed by atoms with Crippen molar-refractivity contribution < 1.29 is 14.9 Å². The molecule has 1 unspecified atom stereocenters. The van der Waals surface area contributed by atoms with E-state index in [1.54, 1.807) is 0 Å². The van der Waals surface area contributed by atoms with Crippen molar-refractivity contribution in [2.45, 2.75) is 13.0 Å². The van der Waals surface area contributed by atoms with Crippen LogP contribution < -0.4 is 9.64 Å². The van der Waals surface area contributed by atoms with Crippen molar-refractivity contribution in [3.05, 3.63) is 109 Å². The Morgan fingerprint density at radius 1 is 0.719 bits per heavy atom. The third-order valence-electron chi connectivity index (χ3n) is 5.24. The summed E-state index contributed by atoms with van der Waals surface area (Å²) in [5, 5.41) is 18.3. The van der Waals surface area contributed by atoms with Crippen molar-refractivity contribution >= 4 is 17.1 Å². The Morgan fingerprint density at radius 2 is 1.31 bits per heavy atom. The maximum absolute atomic E-state index is 9.42. The second-order valence-corrected chi connectivity index (χ2v) is 7.73. The van der Waals surface area contributed by atoms with Crippen LogP contribution in [0.3, 0.4) is 0 Å². The lowest BCUT2D eigenvalue weighted by molar-refractivity contribution is 0.0536. The quantitative estimate of drug-likeness (QED) is 0.371. The number of aliphatic hydroxyl groups is 2. The first kappa shape index (κ1) is 21.6. The van der Waals surface area contributed by atoms with Crippen LogP contribution in [0.5, 0.6) is 5.75 Å². The van der Waals surface area contributed by atoms with Crippen LogP contribution in [0, 0.1) is 6.92 Å². The van der Waals surface area contributed by atoms with Gasteiger partial charge in [0.1, 0.15) is 18.5 Å². The molecule has 0 spiro atoms. The number of benzene rings is 4. The van der Waals surface area contributed by atoms with E-state index in [9.17, 15) is 5.11 Å². The molecule has 1 atom stereocenters. The molecule has 0 aliphatic carbocycles. The fourth-order valence-corrected chi connectivity index (χ4v) is 3.58. The second-order valence-electron chi connectivity index (χ2n) is 7.73. The molecule has 4 aromatic rings. The average Bonchev–Trinajstić information content (AvgIpc) is 2.84. The maximum Gasteiger partial charge on any atom is 0.119 e. The lowest BCUT2D eigenvalue weighted by Crippen LogP contribution is -2.21. The molecule has 162 valence electrons. The number of hydrogen-bond acceptors (Lipinski definition) is 4. The molecule has 0 fully saturated rings. The van der Waals surface area contributed by atoms with E-state index in [-0.39, 0.29) is 13.2 Å². The molecule has 0 aliphatic rings. The van der Waals surface area contributed by atoms with Crippen LogP contribution in [0.25, 0.3) is 11.1 Å². The molecule has 0 heterocycles. The smallest absolute Gasteiger partial charge is 0.119 e. The molecule has 0 amide bonds.